The Labute approximate surface area is 167 Å². The number of carbonyl (C=O) groups is 1. The Morgan fingerprint density at radius 2 is 1.96 bits per heavy atom. The molecule has 0 fully saturated rings. The summed E-state index contributed by atoms with van der Waals surface area (Å²) in [6, 6.07) is 5.00. The summed E-state index contributed by atoms with van der Waals surface area (Å²) in [6.07, 6.45) is 0.715. The van der Waals surface area contributed by atoms with Crippen LogP contribution in [0.2, 0.25) is 0 Å². The summed E-state index contributed by atoms with van der Waals surface area (Å²) in [5.41, 5.74) is 1.26. The number of rotatable bonds is 6. The van der Waals surface area contributed by atoms with Crippen LogP contribution in [0.1, 0.15) is 24.2 Å². The number of aliphatic hydroxyl groups excluding tert-OH is 1. The SMILES string of the molecule is C[C@@H]1CN([C@H](C)CO)C(=O)c2cc(N(C)C)ccc2O[C@@H]1CN(C)S(C)(=O)=O. The van der Waals surface area contributed by atoms with Crippen molar-refractivity contribution in [3.8, 4) is 5.75 Å². The molecule has 158 valence electrons. The van der Waals surface area contributed by atoms with Crippen molar-refractivity contribution >= 4 is 21.6 Å². The Balaban J connectivity index is 2.50. The van der Waals surface area contributed by atoms with Gasteiger partial charge in [-0.2, -0.15) is 0 Å². The van der Waals surface area contributed by atoms with Gasteiger partial charge in [-0.15, -0.1) is 0 Å². The van der Waals surface area contributed by atoms with Gasteiger partial charge < -0.3 is 19.6 Å². The quantitative estimate of drug-likeness (QED) is 0.744. The lowest BCUT2D eigenvalue weighted by atomic mass is 9.99. The summed E-state index contributed by atoms with van der Waals surface area (Å²) in [6.45, 7) is 4.08. The number of nitrogens with zero attached hydrogens (tertiary/aromatic N) is 3. The normalized spacial score (nSPS) is 21.6. The summed E-state index contributed by atoms with van der Waals surface area (Å²) in [5.74, 6) is 0.0787. The fourth-order valence-electron chi connectivity index (χ4n) is 3.10. The molecule has 0 radical (unpaired) electrons. The first kappa shape index (κ1) is 22.4. The van der Waals surface area contributed by atoms with Gasteiger partial charge in [-0.3, -0.25) is 4.79 Å². The molecule has 1 amide bonds. The van der Waals surface area contributed by atoms with Crippen LogP contribution in [0.3, 0.4) is 0 Å². The minimum atomic E-state index is -3.36. The zero-order valence-corrected chi connectivity index (χ0v) is 18.2. The minimum Gasteiger partial charge on any atom is -0.488 e. The van der Waals surface area contributed by atoms with E-state index in [2.05, 4.69) is 0 Å². The summed E-state index contributed by atoms with van der Waals surface area (Å²) < 4.78 is 31.1. The summed E-state index contributed by atoms with van der Waals surface area (Å²) in [4.78, 5) is 16.7. The number of ether oxygens (including phenoxy) is 1. The third-order valence-corrected chi connectivity index (χ3v) is 6.45. The third kappa shape index (κ3) is 4.95. The van der Waals surface area contributed by atoms with Crippen LogP contribution in [0.5, 0.6) is 5.75 Å². The number of sulfonamides is 1. The van der Waals surface area contributed by atoms with Crippen LogP contribution >= 0.6 is 0 Å². The fourth-order valence-corrected chi connectivity index (χ4v) is 3.51. The highest BCUT2D eigenvalue weighted by atomic mass is 32.2. The number of anilines is 1. The van der Waals surface area contributed by atoms with Gasteiger partial charge in [0, 0.05) is 39.3 Å². The Kier molecular flexibility index (Phi) is 6.95. The van der Waals surface area contributed by atoms with Crippen molar-refractivity contribution in [2.45, 2.75) is 26.0 Å². The van der Waals surface area contributed by atoms with Crippen molar-refractivity contribution in [3.05, 3.63) is 23.8 Å². The van der Waals surface area contributed by atoms with Gasteiger partial charge in [0.2, 0.25) is 10.0 Å². The maximum atomic E-state index is 13.2. The second-order valence-corrected chi connectivity index (χ2v) is 9.83. The van der Waals surface area contributed by atoms with Gasteiger partial charge in [-0.05, 0) is 25.1 Å². The number of likely N-dealkylation sites (N-methyl/N-ethyl adjacent to an activating group) is 1. The van der Waals surface area contributed by atoms with E-state index < -0.39 is 16.1 Å². The molecule has 1 aromatic carbocycles. The van der Waals surface area contributed by atoms with E-state index in [9.17, 15) is 18.3 Å². The summed E-state index contributed by atoms with van der Waals surface area (Å²) in [7, 11) is 1.92. The maximum absolute atomic E-state index is 13.2. The molecule has 1 aromatic rings. The molecule has 1 aliphatic heterocycles. The number of carbonyl (C=O) groups excluding carboxylic acids is 1. The first-order valence-electron chi connectivity index (χ1n) is 9.26. The zero-order valence-electron chi connectivity index (χ0n) is 17.4. The van der Waals surface area contributed by atoms with E-state index >= 15 is 0 Å². The van der Waals surface area contributed by atoms with E-state index in [1.54, 1.807) is 24.0 Å². The highest BCUT2D eigenvalue weighted by Crippen LogP contribution is 2.31. The zero-order chi connectivity index (χ0) is 21.2. The van der Waals surface area contributed by atoms with E-state index in [1.807, 2.05) is 32.0 Å². The van der Waals surface area contributed by atoms with Crippen molar-refractivity contribution < 1.29 is 23.1 Å². The number of hydrogen-bond acceptors (Lipinski definition) is 6. The van der Waals surface area contributed by atoms with Gasteiger partial charge in [-0.1, -0.05) is 6.92 Å². The lowest BCUT2D eigenvalue weighted by molar-refractivity contribution is 0.0387. The smallest absolute Gasteiger partial charge is 0.258 e. The number of hydrogen-bond donors (Lipinski definition) is 1. The molecule has 9 heteroatoms. The maximum Gasteiger partial charge on any atom is 0.258 e. The van der Waals surface area contributed by atoms with Gasteiger partial charge in [0.25, 0.3) is 5.91 Å². The predicted octanol–water partition coefficient (Wildman–Crippen LogP) is 0.864. The molecule has 1 N–H and O–H groups in total. The molecule has 1 heterocycles. The number of benzene rings is 1. The second-order valence-electron chi connectivity index (χ2n) is 7.74. The molecule has 0 saturated carbocycles. The van der Waals surface area contributed by atoms with E-state index in [0.29, 0.717) is 17.9 Å². The Morgan fingerprint density at radius 3 is 2.50 bits per heavy atom. The van der Waals surface area contributed by atoms with Crippen LogP contribution in [-0.4, -0.2) is 87.9 Å². The molecule has 2 rings (SSSR count). The van der Waals surface area contributed by atoms with Crippen LogP contribution in [0, 0.1) is 5.92 Å². The van der Waals surface area contributed by atoms with E-state index in [-0.39, 0.29) is 31.0 Å². The largest absolute Gasteiger partial charge is 0.488 e. The first-order valence-corrected chi connectivity index (χ1v) is 11.1. The number of fused-ring (bicyclic) bond motifs is 1. The second kappa shape index (κ2) is 8.67. The Morgan fingerprint density at radius 1 is 1.32 bits per heavy atom. The fraction of sp³-hybridized carbons (Fsp3) is 0.632. The minimum absolute atomic E-state index is 0.135. The standard InChI is InChI=1S/C19H31N3O5S/c1-13-10-22(14(2)12-23)19(24)16-9-15(20(3)4)7-8-17(16)27-18(13)11-21(5)28(6,25)26/h7-9,13-14,18,23H,10-12H2,1-6H3/t13-,14-,18-/m1/s1. The predicted molar refractivity (Wildman–Crippen MR) is 109 cm³/mol. The summed E-state index contributed by atoms with van der Waals surface area (Å²) in [5, 5.41) is 9.64. The third-order valence-electron chi connectivity index (χ3n) is 5.17. The lowest BCUT2D eigenvalue weighted by Gasteiger charge is -2.38. The number of amides is 1. The monoisotopic (exact) mass is 413 g/mol. The van der Waals surface area contributed by atoms with E-state index in [4.69, 9.17) is 4.74 Å². The average molecular weight is 414 g/mol. The molecule has 0 bridgehead atoms. The van der Waals surface area contributed by atoms with Crippen molar-refractivity contribution in [2.75, 3.05) is 52.0 Å². The highest BCUT2D eigenvalue weighted by Gasteiger charge is 2.34. The number of aliphatic hydroxyl groups is 1. The van der Waals surface area contributed by atoms with Gasteiger partial charge in [0.1, 0.15) is 11.9 Å². The Bertz CT molecular complexity index is 812. The highest BCUT2D eigenvalue weighted by molar-refractivity contribution is 7.88. The van der Waals surface area contributed by atoms with Crippen molar-refractivity contribution in [3.63, 3.8) is 0 Å². The van der Waals surface area contributed by atoms with Gasteiger partial charge in [0.15, 0.2) is 0 Å². The van der Waals surface area contributed by atoms with Gasteiger partial charge in [0.05, 0.1) is 31.0 Å². The van der Waals surface area contributed by atoms with Crippen LogP contribution in [0.15, 0.2) is 18.2 Å². The van der Waals surface area contributed by atoms with E-state index in [1.165, 1.54) is 11.4 Å². The molecule has 0 aliphatic carbocycles. The molecule has 3 atom stereocenters. The van der Waals surface area contributed by atoms with Crippen LogP contribution < -0.4 is 9.64 Å². The van der Waals surface area contributed by atoms with Crippen LogP contribution in [-0.2, 0) is 10.0 Å². The van der Waals surface area contributed by atoms with Crippen LogP contribution in [0.25, 0.3) is 0 Å². The molecular weight excluding hydrogens is 382 g/mol. The van der Waals surface area contributed by atoms with E-state index in [0.717, 1.165) is 11.9 Å². The van der Waals surface area contributed by atoms with Crippen molar-refractivity contribution in [1.82, 2.24) is 9.21 Å². The molecule has 8 nitrogen and oxygen atoms in total. The molecule has 0 unspecified atom stereocenters. The Hall–Kier alpha value is -1.84. The van der Waals surface area contributed by atoms with Crippen molar-refractivity contribution in [1.29, 1.82) is 0 Å². The van der Waals surface area contributed by atoms with Gasteiger partial charge >= 0.3 is 0 Å². The van der Waals surface area contributed by atoms with Crippen molar-refractivity contribution in [2.24, 2.45) is 5.92 Å². The summed E-state index contributed by atoms with van der Waals surface area (Å²) >= 11 is 0. The first-order chi connectivity index (χ1) is 13.0. The molecule has 28 heavy (non-hydrogen) atoms. The van der Waals surface area contributed by atoms with Crippen LogP contribution in [0.4, 0.5) is 5.69 Å². The molecule has 0 spiro atoms. The molecule has 0 saturated heterocycles. The molecule has 1 aliphatic rings. The lowest BCUT2D eigenvalue weighted by Crippen LogP contribution is -2.50. The molecule has 0 aromatic heterocycles. The topological polar surface area (TPSA) is 90.4 Å². The van der Waals surface area contributed by atoms with Gasteiger partial charge in [-0.25, -0.2) is 12.7 Å². The average Bonchev–Trinajstić information content (AvgIpc) is 2.62. The molecular formula is C19H31N3O5S.